The van der Waals surface area contributed by atoms with Crippen molar-refractivity contribution in [2.45, 2.75) is 77.1 Å². The molecular weight excluding hydrogens is 346 g/mol. The zero-order chi connectivity index (χ0) is 19.9. The van der Waals surface area contributed by atoms with Crippen LogP contribution >= 0.6 is 0 Å². The first kappa shape index (κ1) is 19.6. The van der Waals surface area contributed by atoms with Crippen molar-refractivity contribution in [3.63, 3.8) is 0 Å². The number of aromatic nitrogens is 1. The van der Waals surface area contributed by atoms with Gasteiger partial charge in [0.25, 0.3) is 0 Å². The largest absolute Gasteiger partial charge is 0.458 e. The lowest BCUT2D eigenvalue weighted by Crippen LogP contribution is -2.45. The number of aryl methyl sites for hydroxylation is 1. The normalized spacial score (nSPS) is 26.0. The Bertz CT molecular complexity index is 762. The van der Waals surface area contributed by atoms with Gasteiger partial charge in [-0.3, -0.25) is 9.59 Å². The summed E-state index contributed by atoms with van der Waals surface area (Å²) in [6, 6.07) is 1.04. The quantitative estimate of drug-likeness (QED) is 0.775. The number of carbonyl (C=O) groups is 3. The molecule has 27 heavy (non-hydrogen) atoms. The SMILES string of the molecule is CC(NC(=O)C1CC(=O)C2c3c(ccn3C1)CCC2N)C(=O)OC(C)(C)C. The standard InChI is InChI=1S/C20H29N3O4/c1-11(19(26)27-20(2,3)4)22-18(25)13-9-15(24)16-14(21)6-5-12-7-8-23(10-13)17(12)16/h7-8,11,13-14,16H,5-6,9-10,21H2,1-4H3,(H,22,25). The zero-order valence-corrected chi connectivity index (χ0v) is 16.5. The summed E-state index contributed by atoms with van der Waals surface area (Å²) < 4.78 is 7.30. The summed E-state index contributed by atoms with van der Waals surface area (Å²) in [4.78, 5) is 37.8. The van der Waals surface area contributed by atoms with E-state index in [0.29, 0.717) is 6.54 Å². The average Bonchev–Trinajstić information content (AvgIpc) is 2.87. The number of ether oxygens (including phenoxy) is 1. The molecule has 1 aliphatic heterocycles. The number of esters is 1. The van der Waals surface area contributed by atoms with Crippen molar-refractivity contribution in [1.29, 1.82) is 0 Å². The summed E-state index contributed by atoms with van der Waals surface area (Å²) in [6.45, 7) is 7.34. The molecule has 1 aliphatic carbocycles. The number of carbonyl (C=O) groups excluding carboxylic acids is 3. The van der Waals surface area contributed by atoms with Crippen LogP contribution in [-0.2, 0) is 32.1 Å². The molecule has 1 aromatic heterocycles. The van der Waals surface area contributed by atoms with Gasteiger partial charge in [-0.05, 0) is 52.2 Å². The van der Waals surface area contributed by atoms with Gasteiger partial charge in [0, 0.05) is 30.9 Å². The maximum Gasteiger partial charge on any atom is 0.328 e. The van der Waals surface area contributed by atoms with Crippen molar-refractivity contribution >= 4 is 17.7 Å². The van der Waals surface area contributed by atoms with E-state index in [0.717, 1.165) is 24.1 Å². The average molecular weight is 375 g/mol. The van der Waals surface area contributed by atoms with E-state index in [1.54, 1.807) is 27.7 Å². The smallest absolute Gasteiger partial charge is 0.328 e. The Morgan fingerprint density at radius 1 is 1.37 bits per heavy atom. The van der Waals surface area contributed by atoms with Crippen LogP contribution in [0.15, 0.2) is 12.3 Å². The number of Topliss-reactive ketones (excluding diaryl/α,β-unsaturated/α-hetero) is 1. The van der Waals surface area contributed by atoms with Gasteiger partial charge in [0.1, 0.15) is 17.4 Å². The highest BCUT2D eigenvalue weighted by Gasteiger charge is 2.40. The molecule has 3 rings (SSSR count). The molecule has 0 radical (unpaired) electrons. The van der Waals surface area contributed by atoms with Gasteiger partial charge in [-0.25, -0.2) is 4.79 Å². The zero-order valence-electron chi connectivity index (χ0n) is 16.5. The molecule has 1 amide bonds. The van der Waals surface area contributed by atoms with Crippen LogP contribution in [0.2, 0.25) is 0 Å². The fraction of sp³-hybridized carbons (Fsp3) is 0.650. The van der Waals surface area contributed by atoms with E-state index in [1.807, 2.05) is 16.8 Å². The molecule has 148 valence electrons. The fourth-order valence-electron chi connectivity index (χ4n) is 3.99. The number of amides is 1. The van der Waals surface area contributed by atoms with Crippen molar-refractivity contribution in [3.05, 3.63) is 23.5 Å². The maximum absolute atomic E-state index is 12.9. The van der Waals surface area contributed by atoms with Gasteiger partial charge in [0.05, 0.1) is 11.8 Å². The van der Waals surface area contributed by atoms with Crippen LogP contribution in [0.3, 0.4) is 0 Å². The van der Waals surface area contributed by atoms with E-state index in [9.17, 15) is 14.4 Å². The van der Waals surface area contributed by atoms with Crippen LogP contribution in [0.1, 0.15) is 57.7 Å². The number of ketones is 1. The Morgan fingerprint density at radius 3 is 2.74 bits per heavy atom. The maximum atomic E-state index is 12.9. The molecular formula is C20H29N3O4. The highest BCUT2D eigenvalue weighted by atomic mass is 16.6. The molecule has 0 spiro atoms. The lowest BCUT2D eigenvalue weighted by molar-refractivity contribution is -0.158. The van der Waals surface area contributed by atoms with Crippen LogP contribution < -0.4 is 11.1 Å². The topological polar surface area (TPSA) is 103 Å². The Labute approximate surface area is 159 Å². The minimum absolute atomic E-state index is 0.00553. The predicted molar refractivity (Wildman–Crippen MR) is 100 cm³/mol. The molecule has 4 unspecified atom stereocenters. The third kappa shape index (κ3) is 4.08. The van der Waals surface area contributed by atoms with Gasteiger partial charge in [0.2, 0.25) is 5.91 Å². The summed E-state index contributed by atoms with van der Waals surface area (Å²) >= 11 is 0. The van der Waals surface area contributed by atoms with Gasteiger partial charge in [0.15, 0.2) is 0 Å². The molecule has 0 saturated carbocycles. The summed E-state index contributed by atoms with van der Waals surface area (Å²) in [7, 11) is 0. The molecule has 0 bridgehead atoms. The Balaban J connectivity index is 1.74. The number of nitrogens with one attached hydrogen (secondary N) is 1. The third-order valence-corrected chi connectivity index (χ3v) is 5.27. The second-order valence-corrected chi connectivity index (χ2v) is 8.69. The predicted octanol–water partition coefficient (Wildman–Crippen LogP) is 1.28. The number of rotatable bonds is 3. The van der Waals surface area contributed by atoms with Gasteiger partial charge >= 0.3 is 5.97 Å². The molecule has 0 fully saturated rings. The van der Waals surface area contributed by atoms with E-state index in [4.69, 9.17) is 10.5 Å². The van der Waals surface area contributed by atoms with Gasteiger partial charge in [-0.1, -0.05) is 0 Å². The van der Waals surface area contributed by atoms with Gasteiger partial charge in [-0.2, -0.15) is 0 Å². The van der Waals surface area contributed by atoms with Crippen molar-refractivity contribution < 1.29 is 19.1 Å². The first-order chi connectivity index (χ1) is 12.6. The molecule has 0 saturated heterocycles. The Hall–Kier alpha value is -2.15. The van der Waals surface area contributed by atoms with E-state index >= 15 is 0 Å². The second kappa shape index (κ2) is 7.11. The number of nitrogens with zero attached hydrogens (tertiary/aromatic N) is 1. The van der Waals surface area contributed by atoms with Gasteiger partial charge in [-0.15, -0.1) is 0 Å². The summed E-state index contributed by atoms with van der Waals surface area (Å²) in [5.74, 6) is -1.67. The van der Waals surface area contributed by atoms with E-state index in [2.05, 4.69) is 5.32 Å². The molecule has 7 nitrogen and oxygen atoms in total. The molecule has 1 aromatic rings. The third-order valence-electron chi connectivity index (χ3n) is 5.27. The lowest BCUT2D eigenvalue weighted by Gasteiger charge is -2.28. The molecule has 2 aliphatic rings. The summed E-state index contributed by atoms with van der Waals surface area (Å²) in [5, 5.41) is 2.71. The van der Waals surface area contributed by atoms with Crippen LogP contribution in [0.4, 0.5) is 0 Å². The Kier molecular flexibility index (Phi) is 5.16. The highest BCUT2D eigenvalue weighted by molar-refractivity contribution is 5.93. The van der Waals surface area contributed by atoms with E-state index in [-0.39, 0.29) is 30.1 Å². The van der Waals surface area contributed by atoms with Crippen molar-refractivity contribution in [3.8, 4) is 0 Å². The van der Waals surface area contributed by atoms with E-state index in [1.165, 1.54) is 0 Å². The van der Waals surface area contributed by atoms with Crippen LogP contribution in [0.25, 0.3) is 0 Å². The number of hydrogen-bond acceptors (Lipinski definition) is 5. The van der Waals surface area contributed by atoms with Crippen molar-refractivity contribution in [2.24, 2.45) is 11.7 Å². The molecule has 2 heterocycles. The van der Waals surface area contributed by atoms with Crippen molar-refractivity contribution in [2.75, 3.05) is 0 Å². The second-order valence-electron chi connectivity index (χ2n) is 8.69. The highest BCUT2D eigenvalue weighted by Crippen LogP contribution is 2.37. The fourth-order valence-corrected chi connectivity index (χ4v) is 3.99. The Morgan fingerprint density at radius 2 is 2.07 bits per heavy atom. The van der Waals surface area contributed by atoms with E-state index < -0.39 is 23.5 Å². The van der Waals surface area contributed by atoms with Crippen LogP contribution in [-0.4, -0.2) is 39.9 Å². The van der Waals surface area contributed by atoms with Gasteiger partial charge < -0.3 is 20.4 Å². The number of hydrogen-bond donors (Lipinski definition) is 2. The first-order valence-corrected chi connectivity index (χ1v) is 9.56. The molecule has 7 heteroatoms. The monoisotopic (exact) mass is 375 g/mol. The van der Waals surface area contributed by atoms with Crippen LogP contribution in [0, 0.1) is 5.92 Å². The van der Waals surface area contributed by atoms with Crippen LogP contribution in [0.5, 0.6) is 0 Å². The minimum atomic E-state index is -0.775. The lowest BCUT2D eigenvalue weighted by atomic mass is 9.80. The number of nitrogens with two attached hydrogens (primary N) is 1. The van der Waals surface area contributed by atoms with Crippen molar-refractivity contribution in [1.82, 2.24) is 9.88 Å². The summed E-state index contributed by atoms with van der Waals surface area (Å²) in [5.41, 5.74) is 7.73. The first-order valence-electron chi connectivity index (χ1n) is 9.56. The summed E-state index contributed by atoms with van der Waals surface area (Å²) in [6.07, 6.45) is 3.71. The molecule has 4 atom stereocenters. The minimum Gasteiger partial charge on any atom is -0.458 e. The molecule has 0 aromatic carbocycles. The molecule has 3 N–H and O–H groups in total.